The third kappa shape index (κ3) is 10.3. The fourth-order valence-corrected chi connectivity index (χ4v) is 8.69. The maximum absolute atomic E-state index is 14.5. The van der Waals surface area contributed by atoms with Crippen LogP contribution in [0.4, 0.5) is 0 Å². The zero-order valence-electron chi connectivity index (χ0n) is 36.3. The second kappa shape index (κ2) is 19.9. The highest BCUT2D eigenvalue weighted by Gasteiger charge is 2.47. The first-order valence-corrected chi connectivity index (χ1v) is 20.9. The van der Waals surface area contributed by atoms with Gasteiger partial charge in [0, 0.05) is 26.2 Å². The molecule has 1 aromatic rings. The maximum atomic E-state index is 14.5. The third-order valence-electron chi connectivity index (χ3n) is 11.6. The standard InChI is InChI=1S/C44H66N6O8/c1-26(2)35(45-39(52)36(27(3)4)46(9)10)41(54)47(11)37(28(5)6)42(55)48-23-15-19-32(48)40(53)49-24-16-20-33(49)44(57)58-38(29(7)8)43(56)50-31(21-22-34(50)51)25-30-17-13-12-14-18-30/h12-14,17-18,21-22,26-29,31-33,35-38H,15-16,19-20,23-25H2,1-11H3,(H,45,52)/t31-,32+,33+,35+,36+,37+,38+/m1/s1. The fraction of sp³-hybridized carbons (Fsp3) is 0.659. The van der Waals surface area contributed by atoms with Crippen LogP contribution in [0.25, 0.3) is 0 Å². The lowest BCUT2D eigenvalue weighted by Gasteiger charge is -2.39. The second-order valence-corrected chi connectivity index (χ2v) is 17.7. The predicted octanol–water partition coefficient (Wildman–Crippen LogP) is 3.28. The smallest absolute Gasteiger partial charge is 0.329 e. The molecule has 0 spiro atoms. The summed E-state index contributed by atoms with van der Waals surface area (Å²) >= 11 is 0. The molecule has 6 amide bonds. The molecule has 0 unspecified atom stereocenters. The number of benzene rings is 1. The van der Waals surface area contributed by atoms with Gasteiger partial charge in [0.25, 0.3) is 11.8 Å². The summed E-state index contributed by atoms with van der Waals surface area (Å²) in [5.74, 6) is -4.29. The molecule has 14 nitrogen and oxygen atoms in total. The number of likely N-dealkylation sites (tertiary alicyclic amines) is 2. The number of imide groups is 1. The molecule has 0 aromatic heterocycles. The Morgan fingerprint density at radius 2 is 1.34 bits per heavy atom. The Bertz CT molecular complexity index is 1690. The van der Waals surface area contributed by atoms with Crippen molar-refractivity contribution < 1.29 is 38.3 Å². The molecule has 3 aliphatic heterocycles. The SMILES string of the molecule is CC(C)[C@H](NC(=O)[C@H](C(C)C)N(C)C)C(=O)N(C)[C@H](C(=O)N1CCC[C@H]1C(=O)N1CCC[C@H]1C(=O)O[C@H](C(=O)N1C(=O)C=C[C@@H]1Cc1ccccc1)C(C)C)C(C)C. The van der Waals surface area contributed by atoms with E-state index in [1.807, 2.05) is 90.9 Å². The third-order valence-corrected chi connectivity index (χ3v) is 11.6. The summed E-state index contributed by atoms with van der Waals surface area (Å²) in [6, 6.07) is 4.90. The second-order valence-electron chi connectivity index (χ2n) is 17.7. The maximum Gasteiger partial charge on any atom is 0.329 e. The van der Waals surface area contributed by atoms with Gasteiger partial charge in [-0.15, -0.1) is 0 Å². The largest absolute Gasteiger partial charge is 0.450 e. The van der Waals surface area contributed by atoms with E-state index in [1.54, 1.807) is 27.0 Å². The van der Waals surface area contributed by atoms with Crippen molar-refractivity contribution in [2.24, 2.45) is 23.7 Å². The summed E-state index contributed by atoms with van der Waals surface area (Å²) < 4.78 is 5.91. The van der Waals surface area contributed by atoms with Gasteiger partial charge < -0.3 is 24.8 Å². The number of hydrogen-bond acceptors (Lipinski definition) is 9. The molecule has 58 heavy (non-hydrogen) atoms. The minimum Gasteiger partial charge on any atom is -0.450 e. The molecule has 320 valence electrons. The number of carbonyl (C=O) groups excluding carboxylic acids is 7. The van der Waals surface area contributed by atoms with Crippen LogP contribution in [-0.4, -0.2) is 142 Å². The Morgan fingerprint density at radius 1 is 0.759 bits per heavy atom. The fourth-order valence-electron chi connectivity index (χ4n) is 8.69. The monoisotopic (exact) mass is 806 g/mol. The topological polar surface area (TPSA) is 157 Å². The minimum absolute atomic E-state index is 0.00228. The molecule has 4 rings (SSSR count). The average molecular weight is 807 g/mol. The van der Waals surface area contributed by atoms with Crippen molar-refractivity contribution in [1.82, 2.24) is 29.8 Å². The Hall–Kier alpha value is -4.59. The highest BCUT2D eigenvalue weighted by atomic mass is 16.6. The normalized spacial score (nSPS) is 21.6. The van der Waals surface area contributed by atoms with Gasteiger partial charge in [-0.1, -0.05) is 91.8 Å². The average Bonchev–Trinajstić information content (AvgIpc) is 3.92. The van der Waals surface area contributed by atoms with Crippen LogP contribution in [0.3, 0.4) is 0 Å². The van der Waals surface area contributed by atoms with Gasteiger partial charge >= 0.3 is 5.97 Å². The van der Waals surface area contributed by atoms with Crippen molar-refractivity contribution >= 4 is 41.4 Å². The summed E-state index contributed by atoms with van der Waals surface area (Å²) in [5, 5.41) is 2.95. The van der Waals surface area contributed by atoms with Crippen molar-refractivity contribution in [3.05, 3.63) is 48.0 Å². The Balaban J connectivity index is 1.48. The zero-order chi connectivity index (χ0) is 43.2. The van der Waals surface area contributed by atoms with Crippen LogP contribution in [0.5, 0.6) is 0 Å². The van der Waals surface area contributed by atoms with E-state index in [2.05, 4.69) is 5.32 Å². The zero-order valence-corrected chi connectivity index (χ0v) is 36.3. The van der Waals surface area contributed by atoms with E-state index in [9.17, 15) is 33.6 Å². The molecular weight excluding hydrogens is 741 g/mol. The molecule has 1 N–H and O–H groups in total. The number of ether oxygens (including phenoxy) is 1. The summed E-state index contributed by atoms with van der Waals surface area (Å²) in [7, 11) is 5.21. The van der Waals surface area contributed by atoms with Crippen molar-refractivity contribution in [2.45, 2.75) is 130 Å². The molecule has 0 radical (unpaired) electrons. The van der Waals surface area contributed by atoms with Gasteiger partial charge in [0.05, 0.1) is 12.1 Å². The van der Waals surface area contributed by atoms with Gasteiger partial charge in [0.2, 0.25) is 23.6 Å². The highest BCUT2D eigenvalue weighted by molar-refractivity contribution is 6.05. The lowest BCUT2D eigenvalue weighted by molar-refractivity contribution is -0.170. The minimum atomic E-state index is -1.25. The van der Waals surface area contributed by atoms with Crippen LogP contribution >= 0.6 is 0 Å². The van der Waals surface area contributed by atoms with Gasteiger partial charge in [-0.25, -0.2) is 4.79 Å². The first-order valence-electron chi connectivity index (χ1n) is 20.9. The van der Waals surface area contributed by atoms with E-state index in [0.717, 1.165) is 10.5 Å². The van der Waals surface area contributed by atoms with Crippen LogP contribution < -0.4 is 5.32 Å². The molecular formula is C44H66N6O8. The van der Waals surface area contributed by atoms with Crippen molar-refractivity contribution in [3.63, 3.8) is 0 Å². The van der Waals surface area contributed by atoms with Crippen LogP contribution in [0.15, 0.2) is 42.5 Å². The van der Waals surface area contributed by atoms with Crippen molar-refractivity contribution in [1.29, 1.82) is 0 Å². The first kappa shape index (κ1) is 46.1. The molecule has 3 heterocycles. The molecule has 0 saturated carbocycles. The number of nitrogens with one attached hydrogen (secondary N) is 1. The van der Waals surface area contributed by atoms with Crippen molar-refractivity contribution in [2.75, 3.05) is 34.2 Å². The molecule has 2 saturated heterocycles. The number of nitrogens with zero attached hydrogens (tertiary/aromatic N) is 5. The summed E-state index contributed by atoms with van der Waals surface area (Å²) in [4.78, 5) is 105. The Labute approximate surface area is 344 Å². The summed E-state index contributed by atoms with van der Waals surface area (Å²) in [6.07, 6.45) is 4.01. The molecule has 14 heteroatoms. The van der Waals surface area contributed by atoms with Gasteiger partial charge in [-0.2, -0.15) is 0 Å². The van der Waals surface area contributed by atoms with Gasteiger partial charge in [-0.3, -0.25) is 38.6 Å². The van der Waals surface area contributed by atoms with Crippen LogP contribution in [0.2, 0.25) is 0 Å². The Morgan fingerprint density at radius 3 is 1.90 bits per heavy atom. The molecule has 2 fully saturated rings. The number of esters is 1. The van der Waals surface area contributed by atoms with Crippen LogP contribution in [-0.2, 0) is 44.7 Å². The highest BCUT2D eigenvalue weighted by Crippen LogP contribution is 2.29. The number of carbonyl (C=O) groups is 7. The Kier molecular flexibility index (Phi) is 15.8. The van der Waals surface area contributed by atoms with Gasteiger partial charge in [0.1, 0.15) is 24.2 Å². The van der Waals surface area contributed by atoms with E-state index < -0.39 is 72.0 Å². The van der Waals surface area contributed by atoms with Gasteiger partial charge in [0.15, 0.2) is 6.10 Å². The number of amides is 6. The number of likely N-dealkylation sites (N-methyl/N-ethyl adjacent to an activating group) is 2. The van der Waals surface area contributed by atoms with E-state index in [4.69, 9.17) is 4.74 Å². The molecule has 7 atom stereocenters. The lowest BCUT2D eigenvalue weighted by Crippen LogP contribution is -2.61. The van der Waals surface area contributed by atoms with Crippen LogP contribution in [0.1, 0.15) is 86.6 Å². The van der Waals surface area contributed by atoms with E-state index >= 15 is 0 Å². The number of rotatable bonds is 16. The molecule has 3 aliphatic rings. The quantitative estimate of drug-likeness (QED) is 0.248. The molecule has 0 bridgehead atoms. The van der Waals surface area contributed by atoms with E-state index in [-0.39, 0.29) is 42.0 Å². The summed E-state index contributed by atoms with van der Waals surface area (Å²) in [5.41, 5.74) is 0.948. The van der Waals surface area contributed by atoms with Crippen molar-refractivity contribution in [3.8, 4) is 0 Å². The van der Waals surface area contributed by atoms with Gasteiger partial charge in [-0.05, 0) is 75.4 Å². The van der Waals surface area contributed by atoms with E-state index in [1.165, 1.54) is 20.8 Å². The van der Waals surface area contributed by atoms with E-state index in [0.29, 0.717) is 38.6 Å². The predicted molar refractivity (Wildman–Crippen MR) is 220 cm³/mol. The lowest BCUT2D eigenvalue weighted by atomic mass is 9.96. The van der Waals surface area contributed by atoms with Crippen LogP contribution in [0, 0.1) is 23.7 Å². The first-order chi connectivity index (χ1) is 27.3. The number of hydrogen-bond donors (Lipinski definition) is 1. The molecule has 0 aliphatic carbocycles. The summed E-state index contributed by atoms with van der Waals surface area (Å²) in [6.45, 7) is 15.3. The molecule has 1 aromatic carbocycles.